The molecule has 150 valence electrons. The van der Waals surface area contributed by atoms with Crippen LogP contribution in [0, 0.1) is 5.92 Å². The standard InChI is InChI=1S/C20H23ClN2O4S/c1-13(2)18(22-19(25)15-6-4-5-7-16(15)21)20(26)27-11-17(24)23(3)10-14-8-9-28-12-14/h4-9,12-13,18H,10-11H2,1-3H3,(H,22,25)/t18-/m0/s1. The Kier molecular flexibility index (Phi) is 8.02. The lowest BCUT2D eigenvalue weighted by molar-refractivity contribution is -0.154. The molecule has 1 aromatic carbocycles. The Balaban J connectivity index is 1.92. The third kappa shape index (κ3) is 6.07. The van der Waals surface area contributed by atoms with E-state index in [9.17, 15) is 14.4 Å². The Morgan fingerprint density at radius 3 is 2.54 bits per heavy atom. The molecule has 2 amide bonds. The topological polar surface area (TPSA) is 75.7 Å². The van der Waals surface area contributed by atoms with Crippen LogP contribution in [0.4, 0.5) is 0 Å². The van der Waals surface area contributed by atoms with Gasteiger partial charge in [-0.05, 0) is 40.4 Å². The second kappa shape index (κ2) is 10.2. The van der Waals surface area contributed by atoms with Crippen LogP contribution < -0.4 is 5.32 Å². The van der Waals surface area contributed by atoms with Gasteiger partial charge in [-0.2, -0.15) is 11.3 Å². The fourth-order valence-corrected chi connectivity index (χ4v) is 3.32. The molecule has 0 aliphatic heterocycles. The lowest BCUT2D eigenvalue weighted by atomic mass is 10.0. The van der Waals surface area contributed by atoms with Gasteiger partial charge in [0.05, 0.1) is 10.6 Å². The maximum absolute atomic E-state index is 12.4. The number of esters is 1. The molecule has 1 aromatic heterocycles. The van der Waals surface area contributed by atoms with Gasteiger partial charge in [-0.25, -0.2) is 4.79 Å². The van der Waals surface area contributed by atoms with Crippen LogP contribution in [0.25, 0.3) is 0 Å². The van der Waals surface area contributed by atoms with E-state index in [0.717, 1.165) is 5.56 Å². The Morgan fingerprint density at radius 1 is 1.21 bits per heavy atom. The lowest BCUT2D eigenvalue weighted by Gasteiger charge is -2.22. The molecule has 0 saturated carbocycles. The van der Waals surface area contributed by atoms with Crippen molar-refractivity contribution in [1.82, 2.24) is 10.2 Å². The molecule has 28 heavy (non-hydrogen) atoms. The van der Waals surface area contributed by atoms with E-state index in [1.54, 1.807) is 56.5 Å². The number of amides is 2. The minimum absolute atomic E-state index is 0.224. The van der Waals surface area contributed by atoms with Gasteiger partial charge < -0.3 is 15.0 Å². The number of halogens is 1. The van der Waals surface area contributed by atoms with Crippen molar-refractivity contribution >= 4 is 40.7 Å². The zero-order valence-corrected chi connectivity index (χ0v) is 17.5. The van der Waals surface area contributed by atoms with E-state index in [1.807, 2.05) is 16.8 Å². The molecule has 0 radical (unpaired) electrons. The first-order valence-electron chi connectivity index (χ1n) is 8.76. The molecule has 1 atom stereocenters. The minimum atomic E-state index is -0.890. The van der Waals surface area contributed by atoms with E-state index in [4.69, 9.17) is 16.3 Å². The summed E-state index contributed by atoms with van der Waals surface area (Å²) in [4.78, 5) is 38.6. The van der Waals surface area contributed by atoms with Gasteiger partial charge >= 0.3 is 5.97 Å². The number of thiophene rings is 1. The number of nitrogens with zero attached hydrogens (tertiary/aromatic N) is 1. The van der Waals surface area contributed by atoms with Gasteiger partial charge in [0.1, 0.15) is 6.04 Å². The van der Waals surface area contributed by atoms with Crippen molar-refractivity contribution in [2.45, 2.75) is 26.4 Å². The zero-order valence-electron chi connectivity index (χ0n) is 16.0. The molecule has 1 N–H and O–H groups in total. The van der Waals surface area contributed by atoms with Gasteiger partial charge in [-0.1, -0.05) is 37.6 Å². The molecule has 8 heteroatoms. The highest BCUT2D eigenvalue weighted by Crippen LogP contribution is 2.16. The van der Waals surface area contributed by atoms with E-state index in [-0.39, 0.29) is 24.0 Å². The third-order valence-electron chi connectivity index (χ3n) is 4.09. The number of rotatable bonds is 8. The number of likely N-dealkylation sites (N-methyl/N-ethyl adjacent to an activating group) is 1. The molecule has 0 aliphatic rings. The second-order valence-electron chi connectivity index (χ2n) is 6.66. The van der Waals surface area contributed by atoms with Crippen LogP contribution in [0.1, 0.15) is 29.8 Å². The fraction of sp³-hybridized carbons (Fsp3) is 0.350. The monoisotopic (exact) mass is 422 g/mol. The van der Waals surface area contributed by atoms with Gasteiger partial charge in [0.15, 0.2) is 6.61 Å². The first-order valence-corrected chi connectivity index (χ1v) is 10.1. The molecule has 0 aliphatic carbocycles. The average molecular weight is 423 g/mol. The van der Waals surface area contributed by atoms with Gasteiger partial charge in [0.2, 0.25) is 0 Å². The van der Waals surface area contributed by atoms with Crippen molar-refractivity contribution in [3.05, 3.63) is 57.2 Å². The number of ether oxygens (including phenoxy) is 1. The summed E-state index contributed by atoms with van der Waals surface area (Å²) in [5.41, 5.74) is 1.29. The summed E-state index contributed by atoms with van der Waals surface area (Å²) >= 11 is 7.58. The molecular weight excluding hydrogens is 400 g/mol. The van der Waals surface area contributed by atoms with Crippen molar-refractivity contribution in [2.75, 3.05) is 13.7 Å². The number of nitrogens with one attached hydrogen (secondary N) is 1. The normalized spacial score (nSPS) is 11.8. The predicted octanol–water partition coefficient (Wildman–Crippen LogP) is 3.36. The maximum Gasteiger partial charge on any atom is 0.329 e. The van der Waals surface area contributed by atoms with Gasteiger partial charge in [0, 0.05) is 13.6 Å². The summed E-state index contributed by atoms with van der Waals surface area (Å²) in [7, 11) is 1.65. The van der Waals surface area contributed by atoms with E-state index >= 15 is 0 Å². The Morgan fingerprint density at radius 2 is 1.93 bits per heavy atom. The van der Waals surface area contributed by atoms with Crippen LogP contribution in [0.2, 0.25) is 5.02 Å². The van der Waals surface area contributed by atoms with Crippen molar-refractivity contribution < 1.29 is 19.1 Å². The van der Waals surface area contributed by atoms with Crippen molar-refractivity contribution in [3.8, 4) is 0 Å². The largest absolute Gasteiger partial charge is 0.454 e. The van der Waals surface area contributed by atoms with Crippen LogP contribution in [-0.2, 0) is 20.9 Å². The molecule has 1 heterocycles. The van der Waals surface area contributed by atoms with Crippen LogP contribution in [0.3, 0.4) is 0 Å². The molecule has 6 nitrogen and oxygen atoms in total. The summed E-state index contributed by atoms with van der Waals surface area (Å²) < 4.78 is 5.16. The van der Waals surface area contributed by atoms with Crippen LogP contribution in [0.5, 0.6) is 0 Å². The number of carbonyl (C=O) groups excluding carboxylic acids is 3. The lowest BCUT2D eigenvalue weighted by Crippen LogP contribution is -2.46. The molecular formula is C20H23ClN2O4S. The Bertz CT molecular complexity index is 823. The number of carbonyl (C=O) groups is 3. The van der Waals surface area contributed by atoms with E-state index < -0.39 is 17.9 Å². The Hall–Kier alpha value is -2.38. The zero-order chi connectivity index (χ0) is 20.7. The highest BCUT2D eigenvalue weighted by Gasteiger charge is 2.27. The van der Waals surface area contributed by atoms with Crippen molar-refractivity contribution in [2.24, 2.45) is 5.92 Å². The van der Waals surface area contributed by atoms with E-state index in [0.29, 0.717) is 11.6 Å². The quantitative estimate of drug-likeness (QED) is 0.662. The van der Waals surface area contributed by atoms with Crippen LogP contribution >= 0.6 is 22.9 Å². The average Bonchev–Trinajstić information content (AvgIpc) is 3.16. The molecule has 0 fully saturated rings. The molecule has 2 rings (SSSR count). The van der Waals surface area contributed by atoms with Crippen molar-refractivity contribution in [3.63, 3.8) is 0 Å². The minimum Gasteiger partial charge on any atom is -0.454 e. The molecule has 0 spiro atoms. The molecule has 2 aromatic rings. The number of benzene rings is 1. The summed E-state index contributed by atoms with van der Waals surface area (Å²) in [5.74, 6) is -1.67. The second-order valence-corrected chi connectivity index (χ2v) is 7.85. The highest BCUT2D eigenvalue weighted by atomic mass is 35.5. The first kappa shape index (κ1) is 21.9. The van der Waals surface area contributed by atoms with Crippen LogP contribution in [-0.4, -0.2) is 42.4 Å². The third-order valence-corrected chi connectivity index (χ3v) is 5.15. The smallest absolute Gasteiger partial charge is 0.329 e. The fourth-order valence-electron chi connectivity index (χ4n) is 2.44. The van der Waals surface area contributed by atoms with Gasteiger partial charge in [-0.3, -0.25) is 9.59 Å². The summed E-state index contributed by atoms with van der Waals surface area (Å²) in [6, 6.07) is 7.61. The summed E-state index contributed by atoms with van der Waals surface area (Å²) in [6.45, 7) is 3.62. The summed E-state index contributed by atoms with van der Waals surface area (Å²) in [5, 5.41) is 6.82. The highest BCUT2D eigenvalue weighted by molar-refractivity contribution is 7.07. The summed E-state index contributed by atoms with van der Waals surface area (Å²) in [6.07, 6.45) is 0. The Labute approximate surface area is 173 Å². The predicted molar refractivity (Wildman–Crippen MR) is 109 cm³/mol. The van der Waals surface area contributed by atoms with E-state index in [1.165, 1.54) is 4.90 Å². The SMILES string of the molecule is CC(C)[C@H](NC(=O)c1ccccc1Cl)C(=O)OCC(=O)N(C)Cc1ccsc1. The number of hydrogen-bond acceptors (Lipinski definition) is 5. The molecule has 0 bridgehead atoms. The molecule has 0 unspecified atom stereocenters. The van der Waals surface area contributed by atoms with Crippen LogP contribution in [0.15, 0.2) is 41.1 Å². The first-order chi connectivity index (χ1) is 13.3. The maximum atomic E-state index is 12.4. The van der Waals surface area contributed by atoms with Gasteiger partial charge in [0.25, 0.3) is 11.8 Å². The van der Waals surface area contributed by atoms with E-state index in [2.05, 4.69) is 5.32 Å². The van der Waals surface area contributed by atoms with Crippen molar-refractivity contribution in [1.29, 1.82) is 0 Å². The van der Waals surface area contributed by atoms with Gasteiger partial charge in [-0.15, -0.1) is 0 Å². The molecule has 0 saturated heterocycles. The number of hydrogen-bond donors (Lipinski definition) is 1.